The number of rotatable bonds is 5. The Kier molecular flexibility index (Phi) is 5.98. The van der Waals surface area contributed by atoms with E-state index >= 15 is 0 Å². The van der Waals surface area contributed by atoms with Crippen molar-refractivity contribution in [1.82, 2.24) is 5.32 Å². The van der Waals surface area contributed by atoms with Gasteiger partial charge in [0.25, 0.3) is 0 Å². The van der Waals surface area contributed by atoms with Crippen LogP contribution < -0.4 is 5.32 Å². The maximum Gasteiger partial charge on any atom is 0.0424 e. The van der Waals surface area contributed by atoms with Crippen molar-refractivity contribution in [2.75, 3.05) is 12.8 Å². The van der Waals surface area contributed by atoms with Crippen LogP contribution in [0.1, 0.15) is 25.5 Å². The molecule has 2 unspecified atom stereocenters. The molecule has 16 heavy (non-hydrogen) atoms. The molecule has 0 saturated carbocycles. The van der Waals surface area contributed by atoms with E-state index in [4.69, 9.17) is 23.2 Å². The Labute approximate surface area is 112 Å². The summed E-state index contributed by atoms with van der Waals surface area (Å²) in [4.78, 5) is 0. The van der Waals surface area contributed by atoms with Crippen LogP contribution in [0.25, 0.3) is 0 Å². The van der Waals surface area contributed by atoms with Crippen LogP contribution in [0.5, 0.6) is 0 Å². The third-order valence-corrected chi connectivity index (χ3v) is 3.91. The molecule has 90 valence electrons. The van der Waals surface area contributed by atoms with Gasteiger partial charge in [-0.15, -0.1) is 0 Å². The Morgan fingerprint density at radius 2 is 1.75 bits per heavy atom. The van der Waals surface area contributed by atoms with Gasteiger partial charge in [-0.05, 0) is 36.9 Å². The quantitative estimate of drug-likeness (QED) is 0.857. The van der Waals surface area contributed by atoms with Gasteiger partial charge in [0.2, 0.25) is 0 Å². The van der Waals surface area contributed by atoms with Crippen molar-refractivity contribution in [1.29, 1.82) is 0 Å². The lowest BCUT2D eigenvalue weighted by molar-refractivity contribution is 0.576. The van der Waals surface area contributed by atoms with Gasteiger partial charge >= 0.3 is 0 Å². The molecule has 0 spiro atoms. The van der Waals surface area contributed by atoms with Crippen molar-refractivity contribution in [3.63, 3.8) is 0 Å². The van der Waals surface area contributed by atoms with Crippen LogP contribution in [0.3, 0.4) is 0 Å². The monoisotopic (exact) mass is 277 g/mol. The highest BCUT2D eigenvalue weighted by Crippen LogP contribution is 2.23. The molecule has 0 bridgehead atoms. The van der Waals surface area contributed by atoms with Crippen molar-refractivity contribution >= 4 is 35.0 Å². The largest absolute Gasteiger partial charge is 0.309 e. The Morgan fingerprint density at radius 3 is 2.25 bits per heavy atom. The van der Waals surface area contributed by atoms with E-state index in [2.05, 4.69) is 25.4 Å². The van der Waals surface area contributed by atoms with E-state index < -0.39 is 0 Å². The lowest BCUT2D eigenvalue weighted by atomic mass is 10.1. The molecule has 1 aromatic carbocycles. The van der Waals surface area contributed by atoms with Crippen LogP contribution in [0, 0.1) is 0 Å². The first-order chi connectivity index (χ1) is 7.52. The van der Waals surface area contributed by atoms with E-state index in [-0.39, 0.29) is 6.04 Å². The number of nitrogens with one attached hydrogen (secondary N) is 1. The first-order valence-corrected chi connectivity index (χ1v) is 7.29. The Balaban J connectivity index is 2.62. The lowest BCUT2D eigenvalue weighted by Crippen LogP contribution is -2.25. The maximum absolute atomic E-state index is 5.97. The molecule has 0 amide bonds. The molecule has 0 aliphatic heterocycles. The van der Waals surface area contributed by atoms with Crippen LogP contribution in [0.4, 0.5) is 0 Å². The van der Waals surface area contributed by atoms with Crippen LogP contribution >= 0.6 is 35.0 Å². The highest BCUT2D eigenvalue weighted by atomic mass is 35.5. The number of hydrogen-bond donors (Lipinski definition) is 1. The molecular weight excluding hydrogens is 261 g/mol. The first-order valence-electron chi connectivity index (χ1n) is 5.25. The summed E-state index contributed by atoms with van der Waals surface area (Å²) in [6.07, 6.45) is 2.12. The highest BCUT2D eigenvalue weighted by molar-refractivity contribution is 7.99. The molecule has 0 radical (unpaired) electrons. The average molecular weight is 278 g/mol. The summed E-state index contributed by atoms with van der Waals surface area (Å²) in [6, 6.07) is 5.93. The van der Waals surface area contributed by atoms with E-state index in [1.54, 1.807) is 6.07 Å². The second-order valence-corrected chi connectivity index (χ2v) is 6.03. The van der Waals surface area contributed by atoms with Crippen molar-refractivity contribution in [2.24, 2.45) is 0 Å². The standard InChI is InChI=1S/C12H17Cl2NS/c1-8(16-3)7-15-9(2)10-4-11(13)6-12(14)5-10/h4-6,8-9,15H,7H2,1-3H3. The third-order valence-electron chi connectivity index (χ3n) is 2.50. The van der Waals surface area contributed by atoms with Gasteiger partial charge in [-0.1, -0.05) is 30.1 Å². The minimum atomic E-state index is 0.269. The fourth-order valence-electron chi connectivity index (χ4n) is 1.37. The minimum absolute atomic E-state index is 0.269. The van der Waals surface area contributed by atoms with E-state index in [0.29, 0.717) is 15.3 Å². The molecule has 0 heterocycles. The fourth-order valence-corrected chi connectivity index (χ4v) is 2.17. The van der Waals surface area contributed by atoms with E-state index in [1.165, 1.54) is 0 Å². The summed E-state index contributed by atoms with van der Waals surface area (Å²) in [7, 11) is 0. The van der Waals surface area contributed by atoms with Crippen LogP contribution in [-0.4, -0.2) is 18.1 Å². The fraction of sp³-hybridized carbons (Fsp3) is 0.500. The van der Waals surface area contributed by atoms with E-state index in [1.807, 2.05) is 23.9 Å². The normalized spacial score (nSPS) is 14.8. The van der Waals surface area contributed by atoms with Gasteiger partial charge in [-0.25, -0.2) is 0 Å². The van der Waals surface area contributed by atoms with Gasteiger partial charge in [0.15, 0.2) is 0 Å². The third kappa shape index (κ3) is 4.54. The molecule has 1 N–H and O–H groups in total. The van der Waals surface area contributed by atoms with Crippen molar-refractivity contribution in [2.45, 2.75) is 25.1 Å². The Hall–Kier alpha value is 0.110. The summed E-state index contributed by atoms with van der Waals surface area (Å²) in [5, 5.41) is 5.45. The maximum atomic E-state index is 5.97. The molecular formula is C12H17Cl2NS. The zero-order valence-electron chi connectivity index (χ0n) is 9.76. The second-order valence-electron chi connectivity index (χ2n) is 3.88. The number of halogens is 2. The molecule has 1 nitrogen and oxygen atoms in total. The smallest absolute Gasteiger partial charge is 0.0424 e. The second kappa shape index (κ2) is 6.75. The van der Waals surface area contributed by atoms with Crippen molar-refractivity contribution in [3.05, 3.63) is 33.8 Å². The molecule has 1 aromatic rings. The van der Waals surface area contributed by atoms with E-state index in [0.717, 1.165) is 12.1 Å². The topological polar surface area (TPSA) is 12.0 Å². The minimum Gasteiger partial charge on any atom is -0.309 e. The summed E-state index contributed by atoms with van der Waals surface area (Å²) in [6.45, 7) is 5.30. The predicted octanol–water partition coefficient (Wildman–Crippen LogP) is 4.40. The average Bonchev–Trinajstić information content (AvgIpc) is 2.23. The van der Waals surface area contributed by atoms with Gasteiger partial charge in [0, 0.05) is 27.9 Å². The SMILES string of the molecule is CSC(C)CNC(C)c1cc(Cl)cc(Cl)c1. The zero-order valence-corrected chi connectivity index (χ0v) is 12.1. The molecule has 0 aliphatic carbocycles. The number of hydrogen-bond acceptors (Lipinski definition) is 2. The summed E-state index contributed by atoms with van der Waals surface area (Å²) < 4.78 is 0. The van der Waals surface area contributed by atoms with Crippen molar-refractivity contribution in [3.8, 4) is 0 Å². The molecule has 4 heteroatoms. The summed E-state index contributed by atoms with van der Waals surface area (Å²) in [5.74, 6) is 0. The first kappa shape index (κ1) is 14.2. The van der Waals surface area contributed by atoms with Crippen LogP contribution in [-0.2, 0) is 0 Å². The number of benzene rings is 1. The predicted molar refractivity (Wildman–Crippen MR) is 75.9 cm³/mol. The van der Waals surface area contributed by atoms with Gasteiger partial charge in [-0.3, -0.25) is 0 Å². The summed E-state index contributed by atoms with van der Waals surface area (Å²) >= 11 is 13.8. The molecule has 0 fully saturated rings. The molecule has 0 saturated heterocycles. The van der Waals surface area contributed by atoms with E-state index in [9.17, 15) is 0 Å². The van der Waals surface area contributed by atoms with Gasteiger partial charge in [0.1, 0.15) is 0 Å². The van der Waals surface area contributed by atoms with Crippen molar-refractivity contribution < 1.29 is 0 Å². The highest BCUT2D eigenvalue weighted by Gasteiger charge is 2.08. The zero-order chi connectivity index (χ0) is 12.1. The van der Waals surface area contributed by atoms with Crippen LogP contribution in [0.2, 0.25) is 10.0 Å². The molecule has 0 aromatic heterocycles. The number of thioether (sulfide) groups is 1. The lowest BCUT2D eigenvalue weighted by Gasteiger charge is -2.17. The molecule has 1 rings (SSSR count). The Bertz CT molecular complexity index is 324. The van der Waals surface area contributed by atoms with Gasteiger partial charge in [0.05, 0.1) is 0 Å². The molecule has 0 aliphatic rings. The van der Waals surface area contributed by atoms with Gasteiger partial charge in [-0.2, -0.15) is 11.8 Å². The molecule has 2 atom stereocenters. The Morgan fingerprint density at radius 1 is 1.19 bits per heavy atom. The van der Waals surface area contributed by atoms with Gasteiger partial charge < -0.3 is 5.32 Å². The summed E-state index contributed by atoms with van der Waals surface area (Å²) in [5.41, 5.74) is 1.13. The van der Waals surface area contributed by atoms with Crippen LogP contribution in [0.15, 0.2) is 18.2 Å².